The lowest BCUT2D eigenvalue weighted by molar-refractivity contribution is -0.122. The summed E-state index contributed by atoms with van der Waals surface area (Å²) >= 11 is 1.31. The molecule has 6 nitrogen and oxygen atoms in total. The summed E-state index contributed by atoms with van der Waals surface area (Å²) in [5.74, 6) is 3.16. The number of nitrogens with zero attached hydrogens (tertiary/aromatic N) is 3. The maximum absolute atomic E-state index is 12.7. The topological polar surface area (TPSA) is 91.8 Å². The molecule has 5 fully saturated rings. The predicted octanol–water partition coefficient (Wildman–Crippen LogP) is 4.36. The van der Waals surface area contributed by atoms with Crippen molar-refractivity contribution in [3.8, 4) is 6.07 Å². The van der Waals surface area contributed by atoms with E-state index in [-0.39, 0.29) is 16.6 Å². The number of hydrogen-bond acceptors (Lipinski definition) is 6. The van der Waals surface area contributed by atoms with Crippen molar-refractivity contribution in [1.82, 2.24) is 15.5 Å². The Morgan fingerprint density at radius 3 is 2.34 bits per heavy atom. The fourth-order valence-corrected chi connectivity index (χ4v) is 7.49. The Morgan fingerprint density at radius 2 is 1.76 bits per heavy atom. The molecule has 0 aliphatic heterocycles. The van der Waals surface area contributed by atoms with Gasteiger partial charge in [-0.2, -0.15) is 5.26 Å². The first-order valence-corrected chi connectivity index (χ1v) is 12.1. The Bertz CT molecular complexity index is 788. The molecule has 0 unspecified atom stereocenters. The van der Waals surface area contributed by atoms with Crippen molar-refractivity contribution < 1.29 is 9.21 Å². The molecule has 1 N–H and O–H groups in total. The molecule has 0 spiro atoms. The van der Waals surface area contributed by atoms with Crippen LogP contribution >= 0.6 is 11.8 Å². The Morgan fingerprint density at radius 1 is 1.14 bits per heavy atom. The summed E-state index contributed by atoms with van der Waals surface area (Å²) in [6.07, 6.45) is 12.3. The lowest BCUT2D eigenvalue weighted by Crippen LogP contribution is -2.50. The highest BCUT2D eigenvalue weighted by Crippen LogP contribution is 2.60. The van der Waals surface area contributed by atoms with Crippen LogP contribution in [0.1, 0.15) is 83.4 Å². The minimum Gasteiger partial charge on any atom is -0.415 e. The van der Waals surface area contributed by atoms with E-state index in [9.17, 15) is 10.1 Å². The van der Waals surface area contributed by atoms with E-state index in [2.05, 4.69) is 21.6 Å². The lowest BCUT2D eigenvalue weighted by Gasteiger charge is -2.55. The number of nitrogens with one attached hydrogen (secondary N) is 1. The van der Waals surface area contributed by atoms with Crippen LogP contribution in [0.4, 0.5) is 0 Å². The average molecular weight is 415 g/mol. The number of rotatable bonds is 5. The van der Waals surface area contributed by atoms with Crippen molar-refractivity contribution in [3.63, 3.8) is 0 Å². The SMILES string of the molecule is C[C@@H](Sc1nnc(C23CC4CC(CC(C4)C2)C3)o1)C(=O)NC1(C#N)CCCCC1. The van der Waals surface area contributed by atoms with Crippen molar-refractivity contribution in [2.75, 3.05) is 0 Å². The van der Waals surface area contributed by atoms with Gasteiger partial charge in [-0.25, -0.2) is 0 Å². The summed E-state index contributed by atoms with van der Waals surface area (Å²) in [5.41, 5.74) is -0.623. The van der Waals surface area contributed by atoms with Crippen LogP contribution in [0.5, 0.6) is 0 Å². The number of carbonyl (C=O) groups is 1. The molecule has 156 valence electrons. The second-order valence-corrected chi connectivity index (χ2v) is 11.4. The number of aromatic nitrogens is 2. The minimum atomic E-state index is -0.705. The number of amides is 1. The molecule has 0 radical (unpaired) electrons. The van der Waals surface area contributed by atoms with Gasteiger partial charge >= 0.3 is 0 Å². The molecule has 1 atom stereocenters. The maximum atomic E-state index is 12.7. The van der Waals surface area contributed by atoms with Crippen molar-refractivity contribution in [2.24, 2.45) is 17.8 Å². The predicted molar refractivity (Wildman–Crippen MR) is 109 cm³/mol. The third kappa shape index (κ3) is 3.58. The van der Waals surface area contributed by atoms with Crippen molar-refractivity contribution in [2.45, 2.75) is 99.0 Å². The Hall–Kier alpha value is -1.55. The molecule has 0 saturated heterocycles. The van der Waals surface area contributed by atoms with Crippen LogP contribution in [-0.4, -0.2) is 26.9 Å². The fraction of sp³-hybridized carbons (Fsp3) is 0.818. The van der Waals surface area contributed by atoms with Gasteiger partial charge in [-0.3, -0.25) is 4.79 Å². The molecule has 4 bridgehead atoms. The first-order chi connectivity index (χ1) is 14.0. The molecule has 5 aliphatic rings. The van der Waals surface area contributed by atoms with E-state index in [1.54, 1.807) is 0 Å². The quantitative estimate of drug-likeness (QED) is 0.720. The van der Waals surface area contributed by atoms with E-state index in [0.717, 1.165) is 55.7 Å². The van der Waals surface area contributed by atoms with Gasteiger partial charge in [0.15, 0.2) is 0 Å². The van der Waals surface area contributed by atoms with Gasteiger partial charge in [-0.05, 0) is 76.0 Å². The van der Waals surface area contributed by atoms with Gasteiger partial charge in [-0.1, -0.05) is 31.0 Å². The van der Waals surface area contributed by atoms with Crippen molar-refractivity contribution in [3.05, 3.63) is 5.89 Å². The van der Waals surface area contributed by atoms with Crippen LogP contribution in [0.2, 0.25) is 0 Å². The van der Waals surface area contributed by atoms with Crippen LogP contribution in [-0.2, 0) is 10.2 Å². The molecule has 6 rings (SSSR count). The van der Waals surface area contributed by atoms with Gasteiger partial charge in [0.2, 0.25) is 11.8 Å². The summed E-state index contributed by atoms with van der Waals surface area (Å²) in [6.45, 7) is 1.85. The molecule has 0 aromatic carbocycles. The van der Waals surface area contributed by atoms with E-state index in [4.69, 9.17) is 4.42 Å². The maximum Gasteiger partial charge on any atom is 0.277 e. The third-order valence-corrected chi connectivity index (χ3v) is 8.76. The van der Waals surface area contributed by atoms with Gasteiger partial charge in [0, 0.05) is 5.41 Å². The molecule has 5 saturated carbocycles. The summed E-state index contributed by atoms with van der Waals surface area (Å²) in [4.78, 5) is 12.7. The van der Waals surface area contributed by atoms with Crippen molar-refractivity contribution >= 4 is 17.7 Å². The van der Waals surface area contributed by atoms with E-state index >= 15 is 0 Å². The normalized spacial score (nSPS) is 35.8. The van der Waals surface area contributed by atoms with Gasteiger partial charge in [0.1, 0.15) is 5.54 Å². The van der Waals surface area contributed by atoms with E-state index in [1.165, 1.54) is 50.3 Å². The molecule has 1 aromatic heterocycles. The smallest absolute Gasteiger partial charge is 0.277 e. The van der Waals surface area contributed by atoms with Crippen molar-refractivity contribution in [1.29, 1.82) is 5.26 Å². The summed E-state index contributed by atoms with van der Waals surface area (Å²) in [6, 6.07) is 2.35. The van der Waals surface area contributed by atoms with Gasteiger partial charge in [-0.15, -0.1) is 10.2 Å². The number of carbonyl (C=O) groups excluding carboxylic acids is 1. The van der Waals surface area contributed by atoms with E-state index in [0.29, 0.717) is 5.22 Å². The summed E-state index contributed by atoms with van der Waals surface area (Å²) in [7, 11) is 0. The van der Waals surface area contributed by atoms with Crippen LogP contribution in [0.25, 0.3) is 0 Å². The Kier molecular flexibility index (Phi) is 4.89. The molecule has 1 aromatic rings. The average Bonchev–Trinajstić information content (AvgIpc) is 3.17. The molecule has 29 heavy (non-hydrogen) atoms. The van der Waals surface area contributed by atoms with E-state index < -0.39 is 5.54 Å². The van der Waals surface area contributed by atoms with E-state index in [1.807, 2.05) is 6.92 Å². The third-order valence-electron chi connectivity index (χ3n) is 7.83. The Labute approximate surface area is 176 Å². The fourth-order valence-electron chi connectivity index (χ4n) is 6.81. The first-order valence-electron chi connectivity index (χ1n) is 11.2. The van der Waals surface area contributed by atoms with Crippen LogP contribution in [0, 0.1) is 29.1 Å². The second kappa shape index (κ2) is 7.30. The molecule has 1 heterocycles. The number of hydrogen-bond donors (Lipinski definition) is 1. The zero-order chi connectivity index (χ0) is 20.1. The highest BCUT2D eigenvalue weighted by molar-refractivity contribution is 8.00. The lowest BCUT2D eigenvalue weighted by atomic mass is 9.49. The Balaban J connectivity index is 1.24. The zero-order valence-electron chi connectivity index (χ0n) is 17.2. The van der Waals surface area contributed by atoms with Gasteiger partial charge in [0.05, 0.1) is 11.3 Å². The monoisotopic (exact) mass is 414 g/mol. The summed E-state index contributed by atoms with van der Waals surface area (Å²) in [5, 5.41) is 21.4. The highest BCUT2D eigenvalue weighted by Gasteiger charge is 2.54. The van der Waals surface area contributed by atoms with Crippen LogP contribution < -0.4 is 5.32 Å². The number of nitriles is 1. The van der Waals surface area contributed by atoms with Gasteiger partial charge < -0.3 is 9.73 Å². The summed E-state index contributed by atoms with van der Waals surface area (Å²) < 4.78 is 6.13. The highest BCUT2D eigenvalue weighted by atomic mass is 32.2. The standard InChI is InChI=1S/C22H30N4O2S/c1-14(18(27)24-22(13-23)5-3-2-4-6-22)29-20-26-25-19(28-20)21-10-15-7-16(11-21)9-17(8-15)12-21/h14-17H,2-12H2,1H3,(H,24,27)/t14-,15?,16?,17?,21?/m1/s1. The van der Waals surface area contributed by atoms with Gasteiger partial charge in [0.25, 0.3) is 5.22 Å². The second-order valence-electron chi connectivity index (χ2n) is 10.1. The first kappa shape index (κ1) is 19.4. The number of thioether (sulfide) groups is 1. The zero-order valence-corrected chi connectivity index (χ0v) is 18.0. The molecule has 1 amide bonds. The van der Waals surface area contributed by atoms with Crippen LogP contribution in [0.15, 0.2) is 9.64 Å². The molecule has 5 aliphatic carbocycles. The molecular formula is C22H30N4O2S. The molecule has 7 heteroatoms. The molecular weight excluding hydrogens is 384 g/mol. The van der Waals surface area contributed by atoms with Crippen LogP contribution in [0.3, 0.4) is 0 Å². The largest absolute Gasteiger partial charge is 0.415 e. The minimum absolute atomic E-state index is 0.0824.